The number of carbonyl (C=O) groups is 2. The number of piperidine rings is 1. The van der Waals surface area contributed by atoms with Crippen molar-refractivity contribution >= 4 is 17.5 Å². The van der Waals surface area contributed by atoms with Gasteiger partial charge in [-0.2, -0.15) is 0 Å². The number of rotatable bonds is 5. The van der Waals surface area contributed by atoms with Gasteiger partial charge in [0.25, 0.3) is 0 Å². The number of amides is 2. The highest BCUT2D eigenvalue weighted by Crippen LogP contribution is 2.24. The maximum absolute atomic E-state index is 12.1. The molecule has 2 amide bonds. The minimum atomic E-state index is -0.296. The summed E-state index contributed by atoms with van der Waals surface area (Å²) in [5, 5.41) is 2.76. The van der Waals surface area contributed by atoms with Crippen molar-refractivity contribution in [2.24, 2.45) is 5.92 Å². The molecule has 0 saturated carbocycles. The minimum absolute atomic E-state index is 0.0988. The van der Waals surface area contributed by atoms with Crippen LogP contribution in [0.3, 0.4) is 0 Å². The van der Waals surface area contributed by atoms with Crippen LogP contribution in [-0.2, 0) is 9.59 Å². The molecule has 0 radical (unpaired) electrons. The van der Waals surface area contributed by atoms with Crippen molar-refractivity contribution in [3.8, 4) is 5.75 Å². The third kappa shape index (κ3) is 4.48. The van der Waals surface area contributed by atoms with Crippen LogP contribution in [0.25, 0.3) is 0 Å². The summed E-state index contributed by atoms with van der Waals surface area (Å²) in [5.74, 6) is 0.891. The molecule has 1 saturated heterocycles. The van der Waals surface area contributed by atoms with Crippen molar-refractivity contribution < 1.29 is 14.3 Å². The molecule has 0 aromatic heterocycles. The van der Waals surface area contributed by atoms with Gasteiger partial charge in [0.2, 0.25) is 11.8 Å². The van der Waals surface area contributed by atoms with E-state index in [1.54, 1.807) is 17.0 Å². The van der Waals surface area contributed by atoms with Gasteiger partial charge in [0, 0.05) is 13.1 Å². The van der Waals surface area contributed by atoms with Gasteiger partial charge < -0.3 is 15.0 Å². The summed E-state index contributed by atoms with van der Waals surface area (Å²) in [5.41, 5.74) is 0.606. The zero-order valence-electron chi connectivity index (χ0n) is 13.3. The number of ether oxygens (including phenoxy) is 1. The van der Waals surface area contributed by atoms with Gasteiger partial charge in [0.15, 0.2) is 0 Å². The average molecular weight is 304 g/mol. The number of para-hydroxylation sites is 2. The number of anilines is 1. The SMILES string of the molecule is CCOc1ccccc1NC(=O)CC(=O)N1CCC(C)CC1. The second-order valence-electron chi connectivity index (χ2n) is 5.72. The zero-order valence-corrected chi connectivity index (χ0v) is 13.3. The first kappa shape index (κ1) is 16.3. The highest BCUT2D eigenvalue weighted by molar-refractivity contribution is 6.04. The van der Waals surface area contributed by atoms with Crippen LogP contribution >= 0.6 is 0 Å². The molecular formula is C17H24N2O3. The Hall–Kier alpha value is -2.04. The van der Waals surface area contributed by atoms with Gasteiger partial charge in [-0.15, -0.1) is 0 Å². The van der Waals surface area contributed by atoms with Gasteiger partial charge in [-0.3, -0.25) is 9.59 Å². The Labute approximate surface area is 131 Å². The molecule has 2 rings (SSSR count). The van der Waals surface area contributed by atoms with Crippen LogP contribution in [0, 0.1) is 5.92 Å². The molecule has 1 aromatic rings. The van der Waals surface area contributed by atoms with E-state index >= 15 is 0 Å². The normalized spacial score (nSPS) is 15.5. The fraction of sp³-hybridized carbons (Fsp3) is 0.529. The van der Waals surface area contributed by atoms with Crippen LogP contribution in [0.1, 0.15) is 33.1 Å². The summed E-state index contributed by atoms with van der Waals surface area (Å²) in [6.45, 7) is 6.11. The Balaban J connectivity index is 1.89. The van der Waals surface area contributed by atoms with E-state index in [-0.39, 0.29) is 18.2 Å². The predicted octanol–water partition coefficient (Wildman–Crippen LogP) is 2.67. The van der Waals surface area contributed by atoms with Crippen molar-refractivity contribution in [1.82, 2.24) is 4.90 Å². The lowest BCUT2D eigenvalue weighted by molar-refractivity contribution is -0.135. The second kappa shape index (κ2) is 7.82. The fourth-order valence-electron chi connectivity index (χ4n) is 2.55. The molecule has 1 heterocycles. The highest BCUT2D eigenvalue weighted by Gasteiger charge is 2.22. The Morgan fingerprint density at radius 1 is 1.27 bits per heavy atom. The number of benzene rings is 1. The Kier molecular flexibility index (Phi) is 5.81. The molecule has 5 nitrogen and oxygen atoms in total. The third-order valence-corrected chi connectivity index (χ3v) is 3.91. The van der Waals surface area contributed by atoms with Crippen molar-refractivity contribution in [2.75, 3.05) is 25.0 Å². The van der Waals surface area contributed by atoms with E-state index in [0.29, 0.717) is 24.0 Å². The Bertz CT molecular complexity index is 522. The van der Waals surface area contributed by atoms with Crippen molar-refractivity contribution in [2.45, 2.75) is 33.1 Å². The molecule has 0 unspecified atom stereocenters. The fourth-order valence-corrected chi connectivity index (χ4v) is 2.55. The van der Waals surface area contributed by atoms with Gasteiger partial charge in [-0.05, 0) is 37.8 Å². The second-order valence-corrected chi connectivity index (χ2v) is 5.72. The van der Waals surface area contributed by atoms with Crippen molar-refractivity contribution in [1.29, 1.82) is 0 Å². The maximum Gasteiger partial charge on any atom is 0.233 e. The number of nitrogens with zero attached hydrogens (tertiary/aromatic N) is 1. The summed E-state index contributed by atoms with van der Waals surface area (Å²) in [6.07, 6.45) is 1.91. The van der Waals surface area contributed by atoms with E-state index in [1.807, 2.05) is 19.1 Å². The standard InChI is InChI=1S/C17H24N2O3/c1-3-22-15-7-5-4-6-14(15)18-16(20)12-17(21)19-10-8-13(2)9-11-19/h4-7,13H,3,8-12H2,1-2H3,(H,18,20). The lowest BCUT2D eigenvalue weighted by Gasteiger charge is -2.30. The zero-order chi connectivity index (χ0) is 15.9. The molecule has 22 heavy (non-hydrogen) atoms. The number of hydrogen-bond acceptors (Lipinski definition) is 3. The van der Waals surface area contributed by atoms with Crippen LogP contribution in [0.15, 0.2) is 24.3 Å². The lowest BCUT2D eigenvalue weighted by Crippen LogP contribution is -2.39. The third-order valence-electron chi connectivity index (χ3n) is 3.91. The first-order valence-corrected chi connectivity index (χ1v) is 7.89. The lowest BCUT2D eigenvalue weighted by atomic mass is 9.99. The van der Waals surface area contributed by atoms with E-state index < -0.39 is 0 Å². The first-order chi connectivity index (χ1) is 10.6. The van der Waals surface area contributed by atoms with Gasteiger partial charge in [0.05, 0.1) is 12.3 Å². The van der Waals surface area contributed by atoms with Crippen LogP contribution < -0.4 is 10.1 Å². The molecule has 120 valence electrons. The number of nitrogens with one attached hydrogen (secondary N) is 1. The van der Waals surface area contributed by atoms with E-state index in [2.05, 4.69) is 12.2 Å². The van der Waals surface area contributed by atoms with Crippen LogP contribution in [0.5, 0.6) is 5.75 Å². The molecule has 1 aromatic carbocycles. The Morgan fingerprint density at radius 3 is 2.64 bits per heavy atom. The molecule has 0 aliphatic carbocycles. The van der Waals surface area contributed by atoms with E-state index in [1.165, 1.54) is 0 Å². The van der Waals surface area contributed by atoms with Crippen molar-refractivity contribution in [3.63, 3.8) is 0 Å². The van der Waals surface area contributed by atoms with E-state index in [9.17, 15) is 9.59 Å². The smallest absolute Gasteiger partial charge is 0.233 e. The molecular weight excluding hydrogens is 280 g/mol. The molecule has 5 heteroatoms. The number of carbonyl (C=O) groups excluding carboxylic acids is 2. The molecule has 0 atom stereocenters. The summed E-state index contributed by atoms with van der Waals surface area (Å²) in [6, 6.07) is 7.25. The molecule has 1 aliphatic heterocycles. The molecule has 0 bridgehead atoms. The number of hydrogen-bond donors (Lipinski definition) is 1. The van der Waals surface area contributed by atoms with Crippen LogP contribution in [0.4, 0.5) is 5.69 Å². The average Bonchev–Trinajstić information content (AvgIpc) is 2.50. The molecule has 1 fully saturated rings. The van der Waals surface area contributed by atoms with E-state index in [0.717, 1.165) is 25.9 Å². The first-order valence-electron chi connectivity index (χ1n) is 7.89. The quantitative estimate of drug-likeness (QED) is 0.851. The molecule has 1 aliphatic rings. The van der Waals surface area contributed by atoms with Crippen LogP contribution in [-0.4, -0.2) is 36.4 Å². The monoisotopic (exact) mass is 304 g/mol. The van der Waals surface area contributed by atoms with Gasteiger partial charge in [-0.1, -0.05) is 19.1 Å². The molecule has 0 spiro atoms. The summed E-state index contributed by atoms with van der Waals surface area (Å²) < 4.78 is 5.46. The Morgan fingerprint density at radius 2 is 1.95 bits per heavy atom. The topological polar surface area (TPSA) is 58.6 Å². The van der Waals surface area contributed by atoms with E-state index in [4.69, 9.17) is 4.74 Å². The van der Waals surface area contributed by atoms with Gasteiger partial charge >= 0.3 is 0 Å². The summed E-state index contributed by atoms with van der Waals surface area (Å²) >= 11 is 0. The van der Waals surface area contributed by atoms with Crippen LogP contribution in [0.2, 0.25) is 0 Å². The molecule has 1 N–H and O–H groups in total. The summed E-state index contributed by atoms with van der Waals surface area (Å²) in [7, 11) is 0. The maximum atomic E-state index is 12.1. The largest absolute Gasteiger partial charge is 0.492 e. The number of likely N-dealkylation sites (tertiary alicyclic amines) is 1. The summed E-state index contributed by atoms with van der Waals surface area (Å²) in [4.78, 5) is 26.0. The predicted molar refractivity (Wildman–Crippen MR) is 85.8 cm³/mol. The van der Waals surface area contributed by atoms with Gasteiger partial charge in [0.1, 0.15) is 12.2 Å². The minimum Gasteiger partial charge on any atom is -0.492 e. The van der Waals surface area contributed by atoms with Gasteiger partial charge in [-0.25, -0.2) is 0 Å². The highest BCUT2D eigenvalue weighted by atomic mass is 16.5. The van der Waals surface area contributed by atoms with Crippen molar-refractivity contribution in [3.05, 3.63) is 24.3 Å².